The van der Waals surface area contributed by atoms with Gasteiger partial charge in [0.1, 0.15) is 0 Å². The van der Waals surface area contributed by atoms with Crippen molar-refractivity contribution in [3.8, 4) is 0 Å². The van der Waals surface area contributed by atoms with Gasteiger partial charge in [0.15, 0.2) is 0 Å². The van der Waals surface area contributed by atoms with Crippen molar-refractivity contribution in [1.29, 1.82) is 0 Å². The topological polar surface area (TPSA) is 29.5 Å². The quantitative estimate of drug-likeness (QED) is 0.697. The van der Waals surface area contributed by atoms with Crippen molar-refractivity contribution in [2.75, 3.05) is 19.0 Å². The fourth-order valence-corrected chi connectivity index (χ4v) is 3.23. The molecule has 2 atom stereocenters. The normalized spacial score (nSPS) is 27.9. The predicted octanol–water partition coefficient (Wildman–Crippen LogP) is 2.96. The van der Waals surface area contributed by atoms with Gasteiger partial charge in [-0.25, -0.2) is 0 Å². The van der Waals surface area contributed by atoms with Crippen molar-refractivity contribution in [2.24, 2.45) is 0 Å². The Morgan fingerprint density at radius 1 is 1.28 bits per heavy atom. The Labute approximate surface area is 115 Å². The molecule has 0 spiro atoms. The highest BCUT2D eigenvalue weighted by molar-refractivity contribution is 6.17. The predicted molar refractivity (Wildman–Crippen MR) is 72.9 cm³/mol. The van der Waals surface area contributed by atoms with Gasteiger partial charge in [0.25, 0.3) is 0 Å². The van der Waals surface area contributed by atoms with Gasteiger partial charge in [0.05, 0.1) is 6.10 Å². The molecule has 0 aromatic heterocycles. The molecule has 2 unspecified atom stereocenters. The fourth-order valence-electron chi connectivity index (χ4n) is 3.08. The average Bonchev–Trinajstić information content (AvgIpc) is 3.04. The molecule has 0 aromatic rings. The second-order valence-electron chi connectivity index (χ2n) is 5.39. The lowest BCUT2D eigenvalue weighted by atomic mass is 10.1. The molecule has 2 fully saturated rings. The Morgan fingerprint density at radius 3 is 2.89 bits per heavy atom. The van der Waals surface area contributed by atoms with Crippen molar-refractivity contribution in [2.45, 2.75) is 63.5 Å². The Morgan fingerprint density at radius 2 is 2.17 bits per heavy atom. The number of ether oxygens (including phenoxy) is 1. The molecule has 2 aliphatic rings. The molecule has 2 heterocycles. The summed E-state index contributed by atoms with van der Waals surface area (Å²) in [4.78, 5) is 14.3. The molecule has 2 saturated heterocycles. The molecular formula is C14H24ClNO2. The molecule has 0 radical (unpaired) electrons. The Bertz CT molecular complexity index is 267. The molecule has 0 saturated carbocycles. The van der Waals surface area contributed by atoms with E-state index in [-0.39, 0.29) is 0 Å². The van der Waals surface area contributed by atoms with Crippen molar-refractivity contribution in [3.05, 3.63) is 0 Å². The van der Waals surface area contributed by atoms with E-state index in [0.29, 0.717) is 30.4 Å². The van der Waals surface area contributed by atoms with Crippen LogP contribution >= 0.6 is 11.6 Å². The third kappa shape index (κ3) is 3.86. The summed E-state index contributed by atoms with van der Waals surface area (Å²) < 4.78 is 5.57. The first-order valence-corrected chi connectivity index (χ1v) is 7.81. The summed E-state index contributed by atoms with van der Waals surface area (Å²) in [5, 5.41) is 0. The number of hydrogen-bond acceptors (Lipinski definition) is 2. The maximum absolute atomic E-state index is 12.2. The zero-order valence-electron chi connectivity index (χ0n) is 11.1. The minimum atomic E-state index is 0.322. The number of carbonyl (C=O) groups excluding carboxylic acids is 1. The first kappa shape index (κ1) is 14.1. The fraction of sp³-hybridized carbons (Fsp3) is 0.929. The molecule has 0 N–H and O–H groups in total. The summed E-state index contributed by atoms with van der Waals surface area (Å²) >= 11 is 5.73. The van der Waals surface area contributed by atoms with Crippen molar-refractivity contribution in [1.82, 2.24) is 4.90 Å². The monoisotopic (exact) mass is 273 g/mol. The summed E-state index contributed by atoms with van der Waals surface area (Å²) in [7, 11) is 0. The highest BCUT2D eigenvalue weighted by atomic mass is 35.5. The van der Waals surface area contributed by atoms with E-state index in [4.69, 9.17) is 16.3 Å². The van der Waals surface area contributed by atoms with E-state index in [1.807, 2.05) is 0 Å². The molecule has 3 nitrogen and oxygen atoms in total. The Kier molecular flexibility index (Phi) is 5.77. The van der Waals surface area contributed by atoms with Gasteiger partial charge in [-0.1, -0.05) is 0 Å². The van der Waals surface area contributed by atoms with E-state index in [1.54, 1.807) is 0 Å². The van der Waals surface area contributed by atoms with Gasteiger partial charge in [0.2, 0.25) is 5.91 Å². The second-order valence-corrected chi connectivity index (χ2v) is 5.77. The standard InChI is InChI=1S/C14H24ClNO2/c15-9-1-4-12-5-2-10-16(12)14(17)8-7-13-6-3-11-18-13/h12-13H,1-11H2. The van der Waals surface area contributed by atoms with Crippen LogP contribution < -0.4 is 0 Å². The Hall–Kier alpha value is -0.280. The second kappa shape index (κ2) is 7.34. The molecule has 2 rings (SSSR count). The van der Waals surface area contributed by atoms with Crippen LogP contribution in [0, 0.1) is 0 Å². The third-order valence-corrected chi connectivity index (χ3v) is 4.34. The zero-order chi connectivity index (χ0) is 12.8. The van der Waals surface area contributed by atoms with Crippen LogP contribution in [0.2, 0.25) is 0 Å². The molecule has 4 heteroatoms. The van der Waals surface area contributed by atoms with Gasteiger partial charge in [-0.05, 0) is 44.9 Å². The number of nitrogens with zero attached hydrogens (tertiary/aromatic N) is 1. The lowest BCUT2D eigenvalue weighted by Crippen LogP contribution is -2.35. The molecular weight excluding hydrogens is 250 g/mol. The lowest BCUT2D eigenvalue weighted by Gasteiger charge is -2.25. The van der Waals surface area contributed by atoms with E-state index in [2.05, 4.69) is 4.90 Å². The summed E-state index contributed by atoms with van der Waals surface area (Å²) in [6, 6.07) is 0.445. The van der Waals surface area contributed by atoms with Gasteiger partial charge in [0, 0.05) is 31.5 Å². The van der Waals surface area contributed by atoms with Crippen LogP contribution in [-0.4, -0.2) is 42.0 Å². The van der Waals surface area contributed by atoms with E-state index in [1.165, 1.54) is 0 Å². The number of hydrogen-bond donors (Lipinski definition) is 0. The van der Waals surface area contributed by atoms with E-state index < -0.39 is 0 Å². The van der Waals surface area contributed by atoms with Gasteiger partial charge >= 0.3 is 0 Å². The summed E-state index contributed by atoms with van der Waals surface area (Å²) in [5.74, 6) is 1.02. The van der Waals surface area contributed by atoms with Gasteiger partial charge in [-0.15, -0.1) is 11.6 Å². The molecule has 18 heavy (non-hydrogen) atoms. The van der Waals surface area contributed by atoms with E-state index >= 15 is 0 Å². The van der Waals surface area contributed by atoms with Crippen LogP contribution in [0.4, 0.5) is 0 Å². The first-order chi connectivity index (χ1) is 8.81. The molecule has 0 aliphatic carbocycles. The summed E-state index contributed by atoms with van der Waals surface area (Å²) in [6.45, 7) is 1.82. The highest BCUT2D eigenvalue weighted by Crippen LogP contribution is 2.24. The number of alkyl halides is 1. The minimum absolute atomic E-state index is 0.322. The van der Waals surface area contributed by atoms with Gasteiger partial charge in [-0.3, -0.25) is 4.79 Å². The molecule has 0 bridgehead atoms. The number of amides is 1. The van der Waals surface area contributed by atoms with Crippen LogP contribution in [-0.2, 0) is 9.53 Å². The van der Waals surface area contributed by atoms with E-state index in [9.17, 15) is 4.79 Å². The summed E-state index contributed by atoms with van der Waals surface area (Å²) in [6.07, 6.45) is 8.56. The van der Waals surface area contributed by atoms with Crippen LogP contribution in [0.1, 0.15) is 51.4 Å². The van der Waals surface area contributed by atoms with Gasteiger partial charge < -0.3 is 9.64 Å². The largest absolute Gasteiger partial charge is 0.378 e. The molecule has 1 amide bonds. The molecule has 2 aliphatic heterocycles. The lowest BCUT2D eigenvalue weighted by molar-refractivity contribution is -0.132. The first-order valence-electron chi connectivity index (χ1n) is 7.28. The maximum Gasteiger partial charge on any atom is 0.222 e. The zero-order valence-corrected chi connectivity index (χ0v) is 11.8. The molecule has 0 aromatic carbocycles. The van der Waals surface area contributed by atoms with Crippen molar-refractivity contribution < 1.29 is 9.53 Å². The molecule has 104 valence electrons. The number of carbonyl (C=O) groups is 1. The van der Waals surface area contributed by atoms with Crippen molar-refractivity contribution in [3.63, 3.8) is 0 Å². The number of rotatable bonds is 6. The van der Waals surface area contributed by atoms with E-state index in [0.717, 1.165) is 58.1 Å². The van der Waals surface area contributed by atoms with Crippen LogP contribution in [0.15, 0.2) is 0 Å². The average molecular weight is 274 g/mol. The van der Waals surface area contributed by atoms with Crippen molar-refractivity contribution >= 4 is 17.5 Å². The van der Waals surface area contributed by atoms with Gasteiger partial charge in [-0.2, -0.15) is 0 Å². The third-order valence-electron chi connectivity index (χ3n) is 4.07. The smallest absolute Gasteiger partial charge is 0.222 e. The van der Waals surface area contributed by atoms with Crippen LogP contribution in [0.25, 0.3) is 0 Å². The Balaban J connectivity index is 1.72. The van der Waals surface area contributed by atoms with Crippen LogP contribution in [0.5, 0.6) is 0 Å². The maximum atomic E-state index is 12.2. The summed E-state index contributed by atoms with van der Waals surface area (Å²) in [5.41, 5.74) is 0. The van der Waals surface area contributed by atoms with Crippen LogP contribution in [0.3, 0.4) is 0 Å². The minimum Gasteiger partial charge on any atom is -0.378 e. The number of halogens is 1. The SMILES string of the molecule is O=C(CCC1CCCO1)N1CCCC1CCCCl. The number of likely N-dealkylation sites (tertiary alicyclic amines) is 1. The highest BCUT2D eigenvalue weighted by Gasteiger charge is 2.28.